The number of hydrogen-bond donors (Lipinski definition) is 0. The molecule has 19 heavy (non-hydrogen) atoms. The van der Waals surface area contributed by atoms with E-state index in [0.29, 0.717) is 17.2 Å². The predicted octanol–water partition coefficient (Wildman–Crippen LogP) is 5.46. The van der Waals surface area contributed by atoms with E-state index < -0.39 is 5.97 Å². The molecule has 0 aliphatic rings. The van der Waals surface area contributed by atoms with Crippen LogP contribution in [-0.2, 0) is 4.74 Å². The van der Waals surface area contributed by atoms with Gasteiger partial charge in [0.05, 0.1) is 17.2 Å². The molecular formula is C10H8ClI2N2O2PS. The predicted molar refractivity (Wildman–Crippen MR) is 98.6 cm³/mol. The van der Waals surface area contributed by atoms with E-state index in [1.807, 2.05) is 16.2 Å². The van der Waals surface area contributed by atoms with Crippen LogP contribution in [0.2, 0.25) is 5.02 Å². The van der Waals surface area contributed by atoms with Gasteiger partial charge in [-0.15, -0.1) is 0 Å². The van der Waals surface area contributed by atoms with E-state index in [4.69, 9.17) is 16.3 Å². The van der Waals surface area contributed by atoms with Crippen molar-refractivity contribution in [3.63, 3.8) is 0 Å². The van der Waals surface area contributed by atoms with Crippen LogP contribution in [-0.4, -0.2) is 21.5 Å². The third kappa shape index (κ3) is 3.66. The molecule has 0 aromatic carbocycles. The van der Waals surface area contributed by atoms with Gasteiger partial charge in [-0.25, -0.2) is 9.78 Å². The number of rotatable bonds is 4. The Hall–Kier alpha value is 0.690. The number of aromatic nitrogens is 2. The first-order valence-corrected chi connectivity index (χ1v) is 13.8. The monoisotopic (exact) mass is 540 g/mol. The second-order valence-corrected chi connectivity index (χ2v) is 21.5. The standard InChI is InChI=1S/C10H8ClI2N2O2PS/c1-2-17-10(16)7-5-14-9-6(8(7)11)3-4-15(9)19-18(12)13/h3-5H,2H2,1H3. The highest BCUT2D eigenvalue weighted by atomic mass is 127. The van der Waals surface area contributed by atoms with Gasteiger partial charge in [0.15, 0.2) is 5.65 Å². The average Bonchev–Trinajstić information content (AvgIpc) is 2.73. The summed E-state index contributed by atoms with van der Waals surface area (Å²) in [5.74, 6) is -0.438. The van der Waals surface area contributed by atoms with Crippen LogP contribution in [0.1, 0.15) is 17.3 Å². The van der Waals surface area contributed by atoms with Crippen LogP contribution in [0, 0.1) is 0 Å². The Morgan fingerprint density at radius 3 is 3.00 bits per heavy atom. The van der Waals surface area contributed by atoms with Gasteiger partial charge in [-0.1, -0.05) is 11.6 Å². The summed E-state index contributed by atoms with van der Waals surface area (Å²) < 4.78 is 6.71. The summed E-state index contributed by atoms with van der Waals surface area (Å²) in [7, 11) is 0. The largest absolute Gasteiger partial charge is 0.462 e. The van der Waals surface area contributed by atoms with Gasteiger partial charge in [0, 0.05) is 29.3 Å². The van der Waals surface area contributed by atoms with Crippen molar-refractivity contribution in [1.82, 2.24) is 8.96 Å². The zero-order valence-corrected chi connectivity index (χ0v) is 16.4. The smallest absolute Gasteiger partial charge is 0.341 e. The third-order valence-electron chi connectivity index (χ3n) is 2.26. The minimum absolute atomic E-state index is 0.215. The van der Waals surface area contributed by atoms with Crippen LogP contribution in [0.3, 0.4) is 0 Å². The van der Waals surface area contributed by atoms with E-state index in [-0.39, 0.29) is 2.41 Å². The topological polar surface area (TPSA) is 44.1 Å². The molecule has 2 aromatic rings. The van der Waals surface area contributed by atoms with Gasteiger partial charge in [0.25, 0.3) is 0 Å². The lowest BCUT2D eigenvalue weighted by atomic mass is 10.2. The molecule has 0 N–H and O–H groups in total. The van der Waals surface area contributed by atoms with Gasteiger partial charge in [0.1, 0.15) is 2.41 Å². The molecule has 4 nitrogen and oxygen atoms in total. The number of halogens is 3. The van der Waals surface area contributed by atoms with Gasteiger partial charge in [0.2, 0.25) is 0 Å². The van der Waals surface area contributed by atoms with Crippen LogP contribution < -0.4 is 0 Å². The first-order valence-electron chi connectivity index (χ1n) is 5.17. The summed E-state index contributed by atoms with van der Waals surface area (Å²) in [5, 5.41) is 1.17. The molecule has 9 heteroatoms. The van der Waals surface area contributed by atoms with Crippen molar-refractivity contribution >= 4 is 86.7 Å². The average molecular weight is 540 g/mol. The zero-order valence-electron chi connectivity index (χ0n) is 9.64. The SMILES string of the molecule is CCOC(=O)c1cnc2c(ccn2SP(I)I)c1Cl. The fourth-order valence-electron chi connectivity index (χ4n) is 1.51. The molecule has 0 saturated heterocycles. The molecule has 2 heterocycles. The van der Waals surface area contributed by atoms with Crippen molar-refractivity contribution in [2.24, 2.45) is 0 Å². The van der Waals surface area contributed by atoms with Crippen LogP contribution in [0.4, 0.5) is 0 Å². The molecule has 2 rings (SSSR count). The molecule has 0 saturated carbocycles. The van der Waals surface area contributed by atoms with Gasteiger partial charge in [-0.05, 0) is 57.1 Å². The first kappa shape index (κ1) is 16.1. The van der Waals surface area contributed by atoms with Gasteiger partial charge < -0.3 is 4.74 Å². The number of hydrogen-bond acceptors (Lipinski definition) is 4. The van der Waals surface area contributed by atoms with Crippen molar-refractivity contribution in [3.05, 3.63) is 29.0 Å². The lowest BCUT2D eigenvalue weighted by Crippen LogP contribution is -2.06. The van der Waals surface area contributed by atoms with Crippen molar-refractivity contribution in [1.29, 1.82) is 0 Å². The Labute approximate surface area is 146 Å². The summed E-state index contributed by atoms with van der Waals surface area (Å²) in [6.07, 6.45) is 3.39. The van der Waals surface area contributed by atoms with Crippen LogP contribution in [0.5, 0.6) is 0 Å². The van der Waals surface area contributed by atoms with E-state index in [9.17, 15) is 4.79 Å². The highest BCUT2D eigenvalue weighted by Gasteiger charge is 2.17. The quantitative estimate of drug-likeness (QED) is 0.294. The second-order valence-electron chi connectivity index (χ2n) is 3.37. The summed E-state index contributed by atoms with van der Waals surface area (Å²) in [6.45, 7) is 2.08. The van der Waals surface area contributed by atoms with Crippen molar-refractivity contribution in [2.75, 3.05) is 6.61 Å². The summed E-state index contributed by atoms with van der Waals surface area (Å²) >= 11 is 12.7. The molecule has 0 amide bonds. The molecule has 0 unspecified atom stereocenters. The number of esters is 1. The highest BCUT2D eigenvalue weighted by molar-refractivity contribution is 14.3. The lowest BCUT2D eigenvalue weighted by Gasteiger charge is -2.06. The van der Waals surface area contributed by atoms with E-state index in [2.05, 4.69) is 49.1 Å². The maximum Gasteiger partial charge on any atom is 0.341 e. The molecule has 0 bridgehead atoms. The Bertz CT molecular complexity index is 623. The molecule has 102 valence electrons. The number of fused-ring (bicyclic) bond motifs is 1. The third-order valence-corrected chi connectivity index (χ3v) is 7.33. The molecule has 2 aromatic heterocycles. The maximum absolute atomic E-state index is 11.7. The van der Waals surface area contributed by atoms with E-state index >= 15 is 0 Å². The molecule has 0 radical (unpaired) electrons. The van der Waals surface area contributed by atoms with Crippen LogP contribution in [0.25, 0.3) is 11.0 Å². The number of carbonyl (C=O) groups excluding carboxylic acids is 1. The Morgan fingerprint density at radius 1 is 1.63 bits per heavy atom. The summed E-state index contributed by atoms with van der Waals surface area (Å²) in [5.41, 5.74) is 1.08. The van der Waals surface area contributed by atoms with E-state index in [1.165, 1.54) is 6.20 Å². The van der Waals surface area contributed by atoms with E-state index in [0.717, 1.165) is 11.0 Å². The molecule has 0 atom stereocenters. The first-order chi connectivity index (χ1) is 9.04. The van der Waals surface area contributed by atoms with Crippen LogP contribution >= 0.6 is 69.7 Å². The molecule has 0 aliphatic carbocycles. The van der Waals surface area contributed by atoms with Gasteiger partial charge in [-0.3, -0.25) is 3.97 Å². The number of pyridine rings is 1. The number of ether oxygens (including phenoxy) is 1. The van der Waals surface area contributed by atoms with Gasteiger partial charge in [-0.2, -0.15) is 0 Å². The molecule has 0 fully saturated rings. The maximum atomic E-state index is 11.7. The van der Waals surface area contributed by atoms with Crippen LogP contribution in [0.15, 0.2) is 18.5 Å². The molecule has 0 aliphatic heterocycles. The Kier molecular flexibility index (Phi) is 6.01. The minimum atomic E-state index is -0.438. The normalized spacial score (nSPS) is 11.2. The van der Waals surface area contributed by atoms with Crippen molar-refractivity contribution in [3.8, 4) is 0 Å². The fraction of sp³-hybridized carbons (Fsp3) is 0.200. The molecule has 0 spiro atoms. The summed E-state index contributed by atoms with van der Waals surface area (Å²) in [6, 6.07) is 1.87. The zero-order chi connectivity index (χ0) is 14.0. The minimum Gasteiger partial charge on any atom is -0.462 e. The van der Waals surface area contributed by atoms with Crippen molar-refractivity contribution < 1.29 is 9.53 Å². The Morgan fingerprint density at radius 2 is 2.37 bits per heavy atom. The Balaban J connectivity index is 2.46. The summed E-state index contributed by atoms with van der Waals surface area (Å²) in [4.78, 5) is 16.1. The van der Waals surface area contributed by atoms with E-state index in [1.54, 1.807) is 18.5 Å². The second kappa shape index (κ2) is 7.11. The lowest BCUT2D eigenvalue weighted by molar-refractivity contribution is 0.0526. The molecular weight excluding hydrogens is 532 g/mol. The van der Waals surface area contributed by atoms with Crippen molar-refractivity contribution in [2.45, 2.75) is 6.92 Å². The highest BCUT2D eigenvalue weighted by Crippen LogP contribution is 2.65. The van der Waals surface area contributed by atoms with Gasteiger partial charge >= 0.3 is 5.97 Å². The fourth-order valence-corrected chi connectivity index (χ4v) is 6.47. The number of nitrogens with zero attached hydrogens (tertiary/aromatic N) is 2. The number of carbonyl (C=O) groups is 1.